The van der Waals surface area contributed by atoms with Crippen molar-refractivity contribution in [2.45, 2.75) is 6.92 Å². The van der Waals surface area contributed by atoms with Crippen LogP contribution in [0.15, 0.2) is 48.1 Å². The maximum Gasteiger partial charge on any atom is 0.275 e. The van der Waals surface area contributed by atoms with Crippen molar-refractivity contribution >= 4 is 39.8 Å². The lowest BCUT2D eigenvalue weighted by atomic mass is 10.1. The average molecular weight is 339 g/mol. The van der Waals surface area contributed by atoms with Crippen LogP contribution in [0.3, 0.4) is 0 Å². The minimum atomic E-state index is -0.330. The molecular formula is C16H13N5O2S. The summed E-state index contributed by atoms with van der Waals surface area (Å²) in [6.07, 6.45) is 3.22. The molecule has 7 nitrogen and oxygen atoms in total. The van der Waals surface area contributed by atoms with Crippen LogP contribution in [0.5, 0.6) is 0 Å². The van der Waals surface area contributed by atoms with Crippen LogP contribution < -0.4 is 10.6 Å². The third-order valence-electron chi connectivity index (χ3n) is 3.07. The molecule has 0 aliphatic heterocycles. The molecule has 2 aromatic heterocycles. The monoisotopic (exact) mass is 339 g/mol. The Hall–Kier alpha value is -3.13. The van der Waals surface area contributed by atoms with Crippen molar-refractivity contribution in [3.63, 3.8) is 0 Å². The van der Waals surface area contributed by atoms with E-state index in [9.17, 15) is 9.59 Å². The number of anilines is 3. The number of carbonyl (C=O) groups is 2. The number of nitrogens with one attached hydrogen (secondary N) is 2. The van der Waals surface area contributed by atoms with Crippen molar-refractivity contribution in [3.05, 3.63) is 59.4 Å². The lowest BCUT2D eigenvalue weighted by Crippen LogP contribution is -2.12. The molecule has 120 valence electrons. The van der Waals surface area contributed by atoms with Gasteiger partial charge in [-0.3, -0.25) is 9.59 Å². The Kier molecular flexibility index (Phi) is 4.57. The zero-order valence-electron chi connectivity index (χ0n) is 12.7. The number of thiazole rings is 1. The molecule has 0 saturated carbocycles. The van der Waals surface area contributed by atoms with Crippen LogP contribution in [-0.2, 0) is 0 Å². The molecule has 0 saturated heterocycles. The summed E-state index contributed by atoms with van der Waals surface area (Å²) >= 11 is 1.28. The minimum absolute atomic E-state index is 0.0220. The molecule has 0 aliphatic rings. The fourth-order valence-electron chi connectivity index (χ4n) is 1.88. The summed E-state index contributed by atoms with van der Waals surface area (Å²) in [7, 11) is 0. The molecule has 0 spiro atoms. The smallest absolute Gasteiger partial charge is 0.275 e. The van der Waals surface area contributed by atoms with Crippen molar-refractivity contribution < 1.29 is 9.59 Å². The van der Waals surface area contributed by atoms with Crippen LogP contribution in [0.4, 0.5) is 16.8 Å². The number of aromatic nitrogens is 3. The second-order valence-corrected chi connectivity index (χ2v) is 5.68. The van der Waals surface area contributed by atoms with Crippen LogP contribution in [0.25, 0.3) is 0 Å². The quantitative estimate of drug-likeness (QED) is 0.693. The van der Waals surface area contributed by atoms with Gasteiger partial charge in [-0.15, -0.1) is 11.3 Å². The van der Waals surface area contributed by atoms with E-state index in [1.54, 1.807) is 48.1 Å². The van der Waals surface area contributed by atoms with E-state index in [0.717, 1.165) is 0 Å². The van der Waals surface area contributed by atoms with Gasteiger partial charge in [0.25, 0.3) is 5.91 Å². The van der Waals surface area contributed by atoms with Crippen LogP contribution >= 0.6 is 11.3 Å². The molecule has 0 aliphatic carbocycles. The molecule has 1 amide bonds. The molecule has 0 atom stereocenters. The predicted molar refractivity (Wildman–Crippen MR) is 91.8 cm³/mol. The summed E-state index contributed by atoms with van der Waals surface area (Å²) in [4.78, 5) is 35.7. The van der Waals surface area contributed by atoms with E-state index in [-0.39, 0.29) is 17.4 Å². The maximum atomic E-state index is 12.2. The Balaban J connectivity index is 1.66. The number of carbonyl (C=O) groups excluding carboxylic acids is 2. The summed E-state index contributed by atoms with van der Waals surface area (Å²) in [5.41, 5.74) is 1.48. The van der Waals surface area contributed by atoms with Gasteiger partial charge in [0.15, 0.2) is 10.9 Å². The van der Waals surface area contributed by atoms with E-state index >= 15 is 0 Å². The van der Waals surface area contributed by atoms with Gasteiger partial charge in [0.2, 0.25) is 5.95 Å². The van der Waals surface area contributed by atoms with E-state index in [4.69, 9.17) is 0 Å². The highest BCUT2D eigenvalue weighted by Crippen LogP contribution is 2.19. The lowest BCUT2D eigenvalue weighted by molar-refractivity contribution is 0.101. The van der Waals surface area contributed by atoms with Crippen molar-refractivity contribution in [2.24, 2.45) is 0 Å². The third-order valence-corrected chi connectivity index (χ3v) is 3.83. The van der Waals surface area contributed by atoms with E-state index in [1.165, 1.54) is 18.3 Å². The van der Waals surface area contributed by atoms with Crippen LogP contribution in [0, 0.1) is 0 Å². The molecule has 8 heteroatoms. The first-order valence-corrected chi connectivity index (χ1v) is 7.92. The fraction of sp³-hybridized carbons (Fsp3) is 0.0625. The Bertz CT molecular complexity index is 862. The summed E-state index contributed by atoms with van der Waals surface area (Å²) in [5, 5.41) is 7.84. The molecule has 0 bridgehead atoms. The van der Waals surface area contributed by atoms with Crippen molar-refractivity contribution in [2.75, 3.05) is 10.6 Å². The zero-order valence-corrected chi connectivity index (χ0v) is 13.5. The number of hydrogen-bond acceptors (Lipinski definition) is 7. The molecule has 2 heterocycles. The zero-order chi connectivity index (χ0) is 16.9. The van der Waals surface area contributed by atoms with Crippen molar-refractivity contribution in [3.8, 4) is 0 Å². The molecule has 0 unspecified atom stereocenters. The average Bonchev–Trinajstić information content (AvgIpc) is 3.05. The van der Waals surface area contributed by atoms with Crippen molar-refractivity contribution in [1.82, 2.24) is 15.0 Å². The number of amides is 1. The Labute approximate surface area is 141 Å². The highest BCUT2D eigenvalue weighted by Gasteiger charge is 2.12. The van der Waals surface area contributed by atoms with Crippen LogP contribution in [0.2, 0.25) is 0 Å². The molecule has 24 heavy (non-hydrogen) atoms. The van der Waals surface area contributed by atoms with Gasteiger partial charge < -0.3 is 10.6 Å². The van der Waals surface area contributed by atoms with E-state index in [1.807, 2.05) is 0 Å². The summed E-state index contributed by atoms with van der Waals surface area (Å²) < 4.78 is 0. The standard InChI is InChI=1S/C16H13N5O2S/c1-10(22)11-3-5-12(6-4-11)19-14(23)13-9-24-16(20-13)21-15-17-7-2-8-18-15/h2-9H,1H3,(H,19,23)(H,17,18,20,21). The molecule has 0 radical (unpaired) electrons. The maximum absolute atomic E-state index is 12.2. The van der Waals surface area contributed by atoms with Gasteiger partial charge in [-0.1, -0.05) is 0 Å². The van der Waals surface area contributed by atoms with Gasteiger partial charge in [-0.25, -0.2) is 15.0 Å². The van der Waals surface area contributed by atoms with E-state index in [0.29, 0.717) is 22.3 Å². The molecule has 0 fully saturated rings. The normalized spacial score (nSPS) is 10.2. The highest BCUT2D eigenvalue weighted by atomic mass is 32.1. The molecule has 3 rings (SSSR count). The van der Waals surface area contributed by atoms with Gasteiger partial charge in [-0.05, 0) is 37.3 Å². The Morgan fingerprint density at radius 1 is 1.08 bits per heavy atom. The SMILES string of the molecule is CC(=O)c1ccc(NC(=O)c2csc(Nc3ncccn3)n2)cc1. The predicted octanol–water partition coefficient (Wildman–Crippen LogP) is 3.13. The van der Waals surface area contributed by atoms with Crippen LogP contribution in [0.1, 0.15) is 27.8 Å². The summed E-state index contributed by atoms with van der Waals surface area (Å²) in [6.45, 7) is 1.49. The number of rotatable bonds is 5. The van der Waals surface area contributed by atoms with Gasteiger partial charge in [0.1, 0.15) is 5.69 Å². The first-order valence-electron chi connectivity index (χ1n) is 7.04. The van der Waals surface area contributed by atoms with Gasteiger partial charge >= 0.3 is 0 Å². The molecule has 3 aromatic rings. The Morgan fingerprint density at radius 3 is 2.46 bits per heavy atom. The first-order chi connectivity index (χ1) is 11.6. The number of hydrogen-bond donors (Lipinski definition) is 2. The van der Waals surface area contributed by atoms with Crippen LogP contribution in [-0.4, -0.2) is 26.6 Å². The summed E-state index contributed by atoms with van der Waals surface area (Å²) in [6, 6.07) is 8.40. The second-order valence-electron chi connectivity index (χ2n) is 4.82. The summed E-state index contributed by atoms with van der Waals surface area (Å²) in [5.74, 6) is 0.0636. The number of benzene rings is 1. The molecular weight excluding hydrogens is 326 g/mol. The number of ketones is 1. The third kappa shape index (κ3) is 3.79. The van der Waals surface area contributed by atoms with E-state index < -0.39 is 0 Å². The topological polar surface area (TPSA) is 96.9 Å². The highest BCUT2D eigenvalue weighted by molar-refractivity contribution is 7.14. The van der Waals surface area contributed by atoms with E-state index in [2.05, 4.69) is 25.6 Å². The Morgan fingerprint density at radius 2 is 1.79 bits per heavy atom. The van der Waals surface area contributed by atoms with Gasteiger partial charge in [-0.2, -0.15) is 0 Å². The van der Waals surface area contributed by atoms with Gasteiger partial charge in [0, 0.05) is 29.0 Å². The lowest BCUT2D eigenvalue weighted by Gasteiger charge is -2.04. The first kappa shape index (κ1) is 15.8. The van der Waals surface area contributed by atoms with Crippen molar-refractivity contribution in [1.29, 1.82) is 0 Å². The van der Waals surface area contributed by atoms with Gasteiger partial charge in [0.05, 0.1) is 0 Å². The molecule has 2 N–H and O–H groups in total. The number of Topliss-reactive ketones (excluding diaryl/α,β-unsaturated/α-hetero) is 1. The molecule has 1 aromatic carbocycles. The largest absolute Gasteiger partial charge is 0.321 e. The minimum Gasteiger partial charge on any atom is -0.321 e. The second kappa shape index (κ2) is 6.97. The fourth-order valence-corrected chi connectivity index (χ4v) is 2.56. The number of nitrogens with zero attached hydrogens (tertiary/aromatic N) is 3.